The van der Waals surface area contributed by atoms with Gasteiger partial charge in [-0.2, -0.15) is 0 Å². The summed E-state index contributed by atoms with van der Waals surface area (Å²) in [5, 5.41) is 4.48. The highest BCUT2D eigenvalue weighted by molar-refractivity contribution is 5.95. The molecule has 5 nitrogen and oxygen atoms in total. The number of aromatic nitrogens is 2. The predicted octanol–water partition coefficient (Wildman–Crippen LogP) is 3.02. The molecule has 128 valence electrons. The summed E-state index contributed by atoms with van der Waals surface area (Å²) >= 11 is 0. The molecule has 0 amide bonds. The molecule has 0 saturated carbocycles. The zero-order chi connectivity index (χ0) is 17.2. The molecule has 0 unspecified atom stereocenters. The lowest BCUT2D eigenvalue weighted by molar-refractivity contribution is 0.415. The van der Waals surface area contributed by atoms with Crippen molar-refractivity contribution < 1.29 is 4.74 Å². The zero-order valence-corrected chi connectivity index (χ0v) is 14.6. The molecule has 1 fully saturated rings. The second-order valence-corrected chi connectivity index (χ2v) is 6.33. The highest BCUT2D eigenvalue weighted by atomic mass is 16.5. The van der Waals surface area contributed by atoms with Gasteiger partial charge in [0.15, 0.2) is 0 Å². The molecule has 2 aromatic heterocycles. The fraction of sp³-hybridized carbons (Fsp3) is 0.300. The highest BCUT2D eigenvalue weighted by Crippen LogP contribution is 2.32. The maximum atomic E-state index is 5.41. The lowest BCUT2D eigenvalue weighted by Gasteiger charge is -2.28. The maximum Gasteiger partial charge on any atom is 0.129 e. The summed E-state index contributed by atoms with van der Waals surface area (Å²) < 4.78 is 5.41. The number of hydrogen-bond acceptors (Lipinski definition) is 5. The monoisotopic (exact) mass is 334 g/mol. The Kier molecular flexibility index (Phi) is 4.24. The minimum absolute atomic E-state index is 0.843. The molecule has 3 aromatic rings. The zero-order valence-electron chi connectivity index (χ0n) is 14.6. The first-order chi connectivity index (χ1) is 12.2. The first-order valence-corrected chi connectivity index (χ1v) is 8.62. The molecule has 3 heterocycles. The van der Waals surface area contributed by atoms with Gasteiger partial charge in [0, 0.05) is 43.5 Å². The second kappa shape index (κ2) is 6.69. The Morgan fingerprint density at radius 2 is 1.92 bits per heavy atom. The van der Waals surface area contributed by atoms with Crippen molar-refractivity contribution in [1.82, 2.24) is 15.3 Å². The van der Waals surface area contributed by atoms with Gasteiger partial charge >= 0.3 is 0 Å². The van der Waals surface area contributed by atoms with Crippen LogP contribution in [-0.4, -0.2) is 43.3 Å². The molecule has 1 saturated heterocycles. The van der Waals surface area contributed by atoms with E-state index in [1.54, 1.807) is 7.11 Å². The third-order valence-electron chi connectivity index (χ3n) is 4.64. The molecule has 1 aliphatic rings. The van der Waals surface area contributed by atoms with Gasteiger partial charge < -0.3 is 15.0 Å². The summed E-state index contributed by atoms with van der Waals surface area (Å²) in [5.74, 6) is 1.88. The average Bonchev–Trinajstić information content (AvgIpc) is 2.68. The molecule has 1 N–H and O–H groups in total. The summed E-state index contributed by atoms with van der Waals surface area (Å²) in [6.45, 7) is 6.01. The van der Waals surface area contributed by atoms with E-state index < -0.39 is 0 Å². The molecule has 0 aliphatic carbocycles. The Hall–Kier alpha value is -2.66. The summed E-state index contributed by atoms with van der Waals surface area (Å²) in [6, 6.07) is 12.4. The van der Waals surface area contributed by atoms with Gasteiger partial charge in [0.05, 0.1) is 12.6 Å². The molecular weight excluding hydrogens is 312 g/mol. The molecule has 1 aliphatic heterocycles. The largest absolute Gasteiger partial charge is 0.497 e. The van der Waals surface area contributed by atoms with Crippen molar-refractivity contribution in [3.05, 3.63) is 48.3 Å². The SMILES string of the molecule is COc1ccc2nc(C)cc(-c3ccnc(N4CCNCC4)c3)c2c1. The number of methoxy groups -OCH3 is 1. The van der Waals surface area contributed by atoms with Crippen molar-refractivity contribution in [3.63, 3.8) is 0 Å². The third-order valence-corrected chi connectivity index (χ3v) is 4.64. The Morgan fingerprint density at radius 1 is 1.08 bits per heavy atom. The molecule has 5 heteroatoms. The number of fused-ring (bicyclic) bond motifs is 1. The number of aryl methyl sites for hydroxylation is 1. The van der Waals surface area contributed by atoms with E-state index >= 15 is 0 Å². The molecule has 0 spiro atoms. The summed E-state index contributed by atoms with van der Waals surface area (Å²) in [4.78, 5) is 11.6. The first kappa shape index (κ1) is 15.8. The van der Waals surface area contributed by atoms with Crippen LogP contribution < -0.4 is 15.0 Å². The number of nitrogens with one attached hydrogen (secondary N) is 1. The molecule has 0 atom stereocenters. The maximum absolute atomic E-state index is 5.41. The van der Waals surface area contributed by atoms with Gasteiger partial charge in [-0.25, -0.2) is 4.98 Å². The Balaban J connectivity index is 1.83. The van der Waals surface area contributed by atoms with Crippen LogP contribution in [-0.2, 0) is 0 Å². The Bertz CT molecular complexity index is 903. The van der Waals surface area contributed by atoms with Gasteiger partial charge in [-0.1, -0.05) is 0 Å². The van der Waals surface area contributed by atoms with Gasteiger partial charge in [-0.15, -0.1) is 0 Å². The van der Waals surface area contributed by atoms with Gasteiger partial charge in [0.1, 0.15) is 11.6 Å². The summed E-state index contributed by atoms with van der Waals surface area (Å²) in [7, 11) is 1.69. The number of hydrogen-bond donors (Lipinski definition) is 1. The molecule has 4 rings (SSSR count). The predicted molar refractivity (Wildman–Crippen MR) is 101 cm³/mol. The highest BCUT2D eigenvalue weighted by Gasteiger charge is 2.14. The number of pyridine rings is 2. The van der Waals surface area contributed by atoms with E-state index in [0.717, 1.165) is 59.9 Å². The molecule has 25 heavy (non-hydrogen) atoms. The first-order valence-electron chi connectivity index (χ1n) is 8.62. The van der Waals surface area contributed by atoms with Crippen LogP contribution in [0.2, 0.25) is 0 Å². The minimum atomic E-state index is 0.843. The molecule has 0 radical (unpaired) electrons. The minimum Gasteiger partial charge on any atom is -0.497 e. The van der Waals surface area contributed by atoms with Crippen LogP contribution in [0.15, 0.2) is 42.6 Å². The quantitative estimate of drug-likeness (QED) is 0.798. The summed E-state index contributed by atoms with van der Waals surface area (Å²) in [5.41, 5.74) is 4.32. The van der Waals surface area contributed by atoms with Crippen molar-refractivity contribution in [2.75, 3.05) is 38.2 Å². The smallest absolute Gasteiger partial charge is 0.129 e. The summed E-state index contributed by atoms with van der Waals surface area (Å²) in [6.07, 6.45) is 1.90. The lowest BCUT2D eigenvalue weighted by Crippen LogP contribution is -2.43. The van der Waals surface area contributed by atoms with Crippen LogP contribution in [0.25, 0.3) is 22.0 Å². The number of piperazine rings is 1. The van der Waals surface area contributed by atoms with E-state index in [2.05, 4.69) is 44.5 Å². The van der Waals surface area contributed by atoms with E-state index in [9.17, 15) is 0 Å². The van der Waals surface area contributed by atoms with Crippen molar-refractivity contribution in [3.8, 4) is 16.9 Å². The van der Waals surface area contributed by atoms with Crippen LogP contribution in [0.4, 0.5) is 5.82 Å². The van der Waals surface area contributed by atoms with Gasteiger partial charge in [-0.05, 0) is 54.4 Å². The fourth-order valence-corrected chi connectivity index (χ4v) is 3.36. The van der Waals surface area contributed by atoms with E-state index in [-0.39, 0.29) is 0 Å². The van der Waals surface area contributed by atoms with Gasteiger partial charge in [-0.3, -0.25) is 4.98 Å². The van der Waals surface area contributed by atoms with E-state index in [4.69, 9.17) is 4.74 Å². The number of benzene rings is 1. The van der Waals surface area contributed by atoms with Crippen molar-refractivity contribution >= 4 is 16.7 Å². The standard InChI is InChI=1S/C20H22N4O/c1-14-11-17(18-13-16(25-2)3-4-19(18)23-14)15-5-6-22-20(12-15)24-9-7-21-8-10-24/h3-6,11-13,21H,7-10H2,1-2H3. The van der Waals surface area contributed by atoms with Crippen molar-refractivity contribution in [1.29, 1.82) is 0 Å². The molecular formula is C20H22N4O. The second-order valence-electron chi connectivity index (χ2n) is 6.33. The van der Waals surface area contributed by atoms with Crippen LogP contribution in [0.5, 0.6) is 5.75 Å². The Morgan fingerprint density at radius 3 is 2.72 bits per heavy atom. The molecule has 1 aromatic carbocycles. The number of nitrogens with zero attached hydrogens (tertiary/aromatic N) is 3. The van der Waals surface area contributed by atoms with Gasteiger partial charge in [0.25, 0.3) is 0 Å². The molecule has 0 bridgehead atoms. The van der Waals surface area contributed by atoms with E-state index in [1.807, 2.05) is 25.3 Å². The Labute approximate surface area is 147 Å². The van der Waals surface area contributed by atoms with Crippen molar-refractivity contribution in [2.45, 2.75) is 6.92 Å². The van der Waals surface area contributed by atoms with Crippen LogP contribution in [0, 0.1) is 6.92 Å². The number of ether oxygens (including phenoxy) is 1. The topological polar surface area (TPSA) is 50.3 Å². The van der Waals surface area contributed by atoms with Crippen LogP contribution in [0.3, 0.4) is 0 Å². The average molecular weight is 334 g/mol. The number of rotatable bonds is 3. The normalized spacial score (nSPS) is 14.7. The van der Waals surface area contributed by atoms with Gasteiger partial charge in [0.2, 0.25) is 0 Å². The fourth-order valence-electron chi connectivity index (χ4n) is 3.36. The lowest BCUT2D eigenvalue weighted by atomic mass is 10.0. The van der Waals surface area contributed by atoms with E-state index in [0.29, 0.717) is 0 Å². The van der Waals surface area contributed by atoms with E-state index in [1.165, 1.54) is 5.56 Å². The third kappa shape index (κ3) is 3.15. The van der Waals surface area contributed by atoms with Crippen LogP contribution >= 0.6 is 0 Å². The van der Waals surface area contributed by atoms with Crippen molar-refractivity contribution in [2.24, 2.45) is 0 Å². The number of anilines is 1. The van der Waals surface area contributed by atoms with Crippen LogP contribution in [0.1, 0.15) is 5.69 Å².